The van der Waals surface area contributed by atoms with E-state index in [1.54, 1.807) is 4.90 Å². The summed E-state index contributed by atoms with van der Waals surface area (Å²) in [5, 5.41) is 0.140. The summed E-state index contributed by atoms with van der Waals surface area (Å²) in [7, 11) is -3.93. The molecule has 116 valence electrons. The predicted octanol–water partition coefficient (Wildman–Crippen LogP) is 1.77. The Morgan fingerprint density at radius 3 is 2.52 bits per heavy atom. The van der Waals surface area contributed by atoms with Crippen LogP contribution in [0.15, 0.2) is 23.1 Å². The van der Waals surface area contributed by atoms with Crippen molar-refractivity contribution in [3.63, 3.8) is 0 Å². The third-order valence-corrected chi connectivity index (χ3v) is 5.23. The molecule has 1 saturated heterocycles. The minimum Gasteiger partial charge on any atom is -0.343 e. The molecule has 1 aromatic carbocycles. The van der Waals surface area contributed by atoms with Gasteiger partial charge in [-0.3, -0.25) is 4.79 Å². The van der Waals surface area contributed by atoms with Crippen molar-refractivity contribution in [3.05, 3.63) is 29.0 Å². The topological polar surface area (TPSA) is 66.5 Å². The highest BCUT2D eigenvalue weighted by Gasteiger charge is 2.27. The standard InChI is InChI=1S/C13H16ClFN2O3S/c1-9(18)17-6-4-11(5-7-17)16-21(19,20)13-3-2-10(14)8-12(13)15/h2-3,8,11,16H,4-7H2,1H3. The van der Waals surface area contributed by atoms with E-state index in [1.165, 1.54) is 13.0 Å². The fraction of sp³-hybridized carbons (Fsp3) is 0.462. The van der Waals surface area contributed by atoms with Gasteiger partial charge in [0.2, 0.25) is 15.9 Å². The van der Waals surface area contributed by atoms with Crippen LogP contribution in [-0.2, 0) is 14.8 Å². The first-order valence-electron chi connectivity index (χ1n) is 6.52. The molecule has 0 atom stereocenters. The quantitative estimate of drug-likeness (QED) is 0.916. The number of likely N-dealkylation sites (tertiary alicyclic amines) is 1. The zero-order valence-corrected chi connectivity index (χ0v) is 13.0. The summed E-state index contributed by atoms with van der Waals surface area (Å²) in [4.78, 5) is 12.5. The Balaban J connectivity index is 2.07. The second-order valence-corrected chi connectivity index (χ2v) is 7.10. The van der Waals surface area contributed by atoms with Gasteiger partial charge in [-0.25, -0.2) is 17.5 Å². The molecular weight excluding hydrogens is 319 g/mol. The maximum Gasteiger partial charge on any atom is 0.243 e. The molecule has 2 rings (SSSR count). The number of amides is 1. The first-order chi connectivity index (χ1) is 9.79. The average molecular weight is 335 g/mol. The number of rotatable bonds is 3. The van der Waals surface area contributed by atoms with Gasteiger partial charge >= 0.3 is 0 Å². The third kappa shape index (κ3) is 3.93. The molecule has 0 saturated carbocycles. The number of nitrogens with zero attached hydrogens (tertiary/aromatic N) is 1. The second-order valence-electron chi connectivity index (χ2n) is 4.98. The van der Waals surface area contributed by atoms with Crippen molar-refractivity contribution in [2.45, 2.75) is 30.7 Å². The van der Waals surface area contributed by atoms with Crippen LogP contribution in [0.1, 0.15) is 19.8 Å². The van der Waals surface area contributed by atoms with Gasteiger partial charge in [-0.05, 0) is 31.0 Å². The van der Waals surface area contributed by atoms with Gasteiger partial charge in [0.25, 0.3) is 0 Å². The highest BCUT2D eigenvalue weighted by Crippen LogP contribution is 2.20. The number of hydrogen-bond donors (Lipinski definition) is 1. The molecule has 1 N–H and O–H groups in total. The van der Waals surface area contributed by atoms with Gasteiger partial charge in [-0.1, -0.05) is 11.6 Å². The van der Waals surface area contributed by atoms with Gasteiger partial charge < -0.3 is 4.90 Å². The van der Waals surface area contributed by atoms with Gasteiger partial charge in [0.1, 0.15) is 10.7 Å². The number of carbonyl (C=O) groups excluding carboxylic acids is 1. The molecule has 1 heterocycles. The molecule has 0 spiro atoms. The lowest BCUT2D eigenvalue weighted by Gasteiger charge is -2.31. The van der Waals surface area contributed by atoms with Crippen LogP contribution < -0.4 is 4.72 Å². The summed E-state index contributed by atoms with van der Waals surface area (Å²) in [6.07, 6.45) is 1.02. The van der Waals surface area contributed by atoms with Crippen LogP contribution in [0.25, 0.3) is 0 Å². The number of nitrogens with one attached hydrogen (secondary N) is 1. The molecule has 21 heavy (non-hydrogen) atoms. The van der Waals surface area contributed by atoms with Gasteiger partial charge in [-0.15, -0.1) is 0 Å². The summed E-state index contributed by atoms with van der Waals surface area (Å²) in [6.45, 7) is 2.46. The van der Waals surface area contributed by atoms with Crippen molar-refractivity contribution in [1.82, 2.24) is 9.62 Å². The van der Waals surface area contributed by atoms with Crippen molar-refractivity contribution in [3.8, 4) is 0 Å². The number of carbonyl (C=O) groups is 1. The Morgan fingerprint density at radius 1 is 1.38 bits per heavy atom. The van der Waals surface area contributed by atoms with Crippen LogP contribution in [0.4, 0.5) is 4.39 Å². The number of hydrogen-bond acceptors (Lipinski definition) is 3. The lowest BCUT2D eigenvalue weighted by molar-refractivity contribution is -0.129. The van der Waals surface area contributed by atoms with Crippen molar-refractivity contribution in [1.29, 1.82) is 0 Å². The van der Waals surface area contributed by atoms with Crippen molar-refractivity contribution in [2.75, 3.05) is 13.1 Å². The summed E-state index contributed by atoms with van der Waals surface area (Å²) >= 11 is 5.61. The maximum atomic E-state index is 13.7. The van der Waals surface area contributed by atoms with Crippen LogP contribution in [0.3, 0.4) is 0 Å². The molecular formula is C13H16ClFN2O3S. The molecule has 1 aromatic rings. The van der Waals surface area contributed by atoms with E-state index < -0.39 is 20.7 Å². The highest BCUT2D eigenvalue weighted by atomic mass is 35.5. The Hall–Kier alpha value is -1.18. The Labute approximate surface area is 128 Å². The van der Waals surface area contributed by atoms with Crippen molar-refractivity contribution < 1.29 is 17.6 Å². The van der Waals surface area contributed by atoms with E-state index in [9.17, 15) is 17.6 Å². The summed E-state index contributed by atoms with van der Waals surface area (Å²) in [6, 6.07) is 3.14. The average Bonchev–Trinajstić information content (AvgIpc) is 2.38. The Kier molecular flexibility index (Phi) is 4.85. The van der Waals surface area contributed by atoms with Gasteiger partial charge in [0, 0.05) is 31.1 Å². The van der Waals surface area contributed by atoms with Crippen molar-refractivity contribution >= 4 is 27.5 Å². The number of piperidine rings is 1. The summed E-state index contributed by atoms with van der Waals surface area (Å²) < 4.78 is 40.5. The van der Waals surface area contributed by atoms with Gasteiger partial charge in [-0.2, -0.15) is 0 Å². The van der Waals surface area contributed by atoms with E-state index in [1.807, 2.05) is 0 Å². The molecule has 1 amide bonds. The van der Waals surface area contributed by atoms with Gasteiger partial charge in [0.05, 0.1) is 0 Å². The highest BCUT2D eigenvalue weighted by molar-refractivity contribution is 7.89. The van der Waals surface area contributed by atoms with Crippen LogP contribution in [0.5, 0.6) is 0 Å². The van der Waals surface area contributed by atoms with Crippen LogP contribution >= 0.6 is 11.6 Å². The number of benzene rings is 1. The number of sulfonamides is 1. The zero-order chi connectivity index (χ0) is 15.6. The molecule has 1 aliphatic rings. The molecule has 0 aromatic heterocycles. The van der Waals surface area contributed by atoms with E-state index in [0.29, 0.717) is 25.9 Å². The molecule has 1 aliphatic heterocycles. The minimum atomic E-state index is -3.93. The minimum absolute atomic E-state index is 0.0277. The summed E-state index contributed by atoms with van der Waals surface area (Å²) in [5.41, 5.74) is 0. The van der Waals surface area contributed by atoms with E-state index in [2.05, 4.69) is 4.72 Å². The van der Waals surface area contributed by atoms with Crippen LogP contribution in [0, 0.1) is 5.82 Å². The molecule has 0 unspecified atom stereocenters. The van der Waals surface area contributed by atoms with E-state index in [4.69, 9.17) is 11.6 Å². The van der Waals surface area contributed by atoms with Crippen molar-refractivity contribution in [2.24, 2.45) is 0 Å². The first kappa shape index (κ1) is 16.2. The summed E-state index contributed by atoms with van der Waals surface area (Å²) in [5.74, 6) is -0.906. The van der Waals surface area contributed by atoms with E-state index in [0.717, 1.165) is 12.1 Å². The van der Waals surface area contributed by atoms with E-state index >= 15 is 0 Å². The monoisotopic (exact) mass is 334 g/mol. The van der Waals surface area contributed by atoms with Crippen LogP contribution in [-0.4, -0.2) is 38.4 Å². The predicted molar refractivity (Wildman–Crippen MR) is 77.0 cm³/mol. The molecule has 1 fully saturated rings. The normalized spacial score (nSPS) is 17.0. The largest absolute Gasteiger partial charge is 0.343 e. The maximum absolute atomic E-state index is 13.7. The fourth-order valence-electron chi connectivity index (χ4n) is 2.29. The lowest BCUT2D eigenvalue weighted by Crippen LogP contribution is -2.46. The van der Waals surface area contributed by atoms with Crippen LogP contribution in [0.2, 0.25) is 5.02 Å². The lowest BCUT2D eigenvalue weighted by atomic mass is 10.1. The first-order valence-corrected chi connectivity index (χ1v) is 8.38. The molecule has 0 radical (unpaired) electrons. The van der Waals surface area contributed by atoms with Gasteiger partial charge in [0.15, 0.2) is 0 Å². The molecule has 0 aliphatic carbocycles. The second kappa shape index (κ2) is 6.29. The molecule has 5 nitrogen and oxygen atoms in total. The number of halogens is 2. The Morgan fingerprint density at radius 2 is 2.00 bits per heavy atom. The third-order valence-electron chi connectivity index (χ3n) is 3.45. The fourth-order valence-corrected chi connectivity index (χ4v) is 3.81. The van der Waals surface area contributed by atoms with E-state index in [-0.39, 0.29) is 17.0 Å². The zero-order valence-electron chi connectivity index (χ0n) is 11.5. The smallest absolute Gasteiger partial charge is 0.243 e. The SMILES string of the molecule is CC(=O)N1CCC(NS(=O)(=O)c2ccc(Cl)cc2F)CC1. The molecule has 8 heteroatoms. The Bertz CT molecular complexity index is 643. The molecule has 0 bridgehead atoms.